The first-order valence-corrected chi connectivity index (χ1v) is 7.68. The molecule has 0 saturated carbocycles. The van der Waals surface area contributed by atoms with E-state index in [1.54, 1.807) is 0 Å². The van der Waals surface area contributed by atoms with Crippen LogP contribution in [0, 0.1) is 0 Å². The van der Waals surface area contributed by atoms with E-state index >= 15 is 0 Å². The quantitative estimate of drug-likeness (QED) is 0.608. The summed E-state index contributed by atoms with van der Waals surface area (Å²) in [7, 11) is 0. The first-order chi connectivity index (χ1) is 10.6. The van der Waals surface area contributed by atoms with Crippen LogP contribution in [0.15, 0.2) is 66.7 Å². The third-order valence-corrected chi connectivity index (χ3v) is 4.83. The molecular weight excluding hydrogens is 266 g/mol. The summed E-state index contributed by atoms with van der Waals surface area (Å²) < 4.78 is 0. The topological polar surface area (TPSA) is 26.0 Å². The van der Waals surface area contributed by atoms with Gasteiger partial charge in [-0.25, -0.2) is 0 Å². The van der Waals surface area contributed by atoms with Gasteiger partial charge in [-0.15, -0.1) is 0 Å². The van der Waals surface area contributed by atoms with Gasteiger partial charge in [-0.05, 0) is 45.5 Å². The van der Waals surface area contributed by atoms with E-state index in [1.807, 2.05) is 12.1 Å². The van der Waals surface area contributed by atoms with Crippen LogP contribution in [0.4, 0.5) is 5.69 Å². The Morgan fingerprint density at radius 3 is 2.09 bits per heavy atom. The van der Waals surface area contributed by atoms with Gasteiger partial charge in [-0.2, -0.15) is 0 Å². The number of fused-ring (bicyclic) bond motifs is 3. The van der Waals surface area contributed by atoms with Gasteiger partial charge >= 0.3 is 0 Å². The van der Waals surface area contributed by atoms with E-state index in [-0.39, 0.29) is 5.41 Å². The highest BCUT2D eigenvalue weighted by Crippen LogP contribution is 2.51. The Morgan fingerprint density at radius 2 is 1.32 bits per heavy atom. The molecule has 3 aromatic carbocycles. The van der Waals surface area contributed by atoms with Crippen molar-refractivity contribution in [1.29, 1.82) is 0 Å². The standard InChI is InChI=1S/C21H19N/c1-21(2)18-8-4-3-6-17(18)20-16(7-5-9-19(20)21)14-10-12-15(22)13-11-14/h3-13H,22H2,1-2H3. The van der Waals surface area contributed by atoms with Crippen molar-refractivity contribution in [3.63, 3.8) is 0 Å². The van der Waals surface area contributed by atoms with Gasteiger partial charge < -0.3 is 5.73 Å². The Kier molecular flexibility index (Phi) is 2.67. The largest absolute Gasteiger partial charge is 0.399 e. The summed E-state index contributed by atoms with van der Waals surface area (Å²) in [5, 5.41) is 0. The molecule has 1 aliphatic carbocycles. The van der Waals surface area contributed by atoms with Crippen LogP contribution in [-0.2, 0) is 5.41 Å². The number of hydrogen-bond acceptors (Lipinski definition) is 1. The number of nitrogens with two attached hydrogens (primary N) is 1. The Morgan fingerprint density at radius 1 is 0.682 bits per heavy atom. The van der Waals surface area contributed by atoms with Crippen molar-refractivity contribution in [2.45, 2.75) is 19.3 Å². The molecule has 4 rings (SSSR count). The van der Waals surface area contributed by atoms with Crippen molar-refractivity contribution in [2.24, 2.45) is 0 Å². The zero-order valence-corrected chi connectivity index (χ0v) is 12.9. The van der Waals surface area contributed by atoms with Crippen molar-refractivity contribution < 1.29 is 0 Å². The van der Waals surface area contributed by atoms with Crippen molar-refractivity contribution in [3.8, 4) is 22.3 Å². The maximum Gasteiger partial charge on any atom is 0.0314 e. The minimum Gasteiger partial charge on any atom is -0.399 e. The summed E-state index contributed by atoms with van der Waals surface area (Å²) in [4.78, 5) is 0. The van der Waals surface area contributed by atoms with Crippen LogP contribution in [-0.4, -0.2) is 0 Å². The average Bonchev–Trinajstić information content (AvgIpc) is 2.77. The van der Waals surface area contributed by atoms with Crippen LogP contribution >= 0.6 is 0 Å². The SMILES string of the molecule is CC1(C)c2ccccc2-c2c(-c3ccc(N)cc3)cccc21. The summed E-state index contributed by atoms with van der Waals surface area (Å²) >= 11 is 0. The van der Waals surface area contributed by atoms with E-state index in [0.717, 1.165) is 5.69 Å². The fourth-order valence-corrected chi connectivity index (χ4v) is 3.66. The van der Waals surface area contributed by atoms with Gasteiger partial charge in [0.05, 0.1) is 0 Å². The second-order valence-electron chi connectivity index (χ2n) is 6.52. The molecule has 0 spiro atoms. The molecule has 0 saturated heterocycles. The van der Waals surface area contributed by atoms with Gasteiger partial charge in [0.1, 0.15) is 0 Å². The molecule has 0 radical (unpaired) electrons. The molecule has 0 aromatic heterocycles. The summed E-state index contributed by atoms with van der Waals surface area (Å²) in [6, 6.07) is 23.6. The van der Waals surface area contributed by atoms with E-state index in [0.29, 0.717) is 0 Å². The molecule has 1 aliphatic rings. The molecule has 2 N–H and O–H groups in total. The second kappa shape index (κ2) is 4.48. The molecule has 0 unspecified atom stereocenters. The molecule has 1 nitrogen and oxygen atoms in total. The molecule has 0 heterocycles. The lowest BCUT2D eigenvalue weighted by Crippen LogP contribution is -2.14. The molecule has 1 heteroatoms. The summed E-state index contributed by atoms with van der Waals surface area (Å²) in [6.07, 6.45) is 0. The summed E-state index contributed by atoms with van der Waals surface area (Å²) in [6.45, 7) is 4.62. The number of hydrogen-bond donors (Lipinski definition) is 1. The molecule has 22 heavy (non-hydrogen) atoms. The lowest BCUT2D eigenvalue weighted by atomic mass is 9.82. The molecule has 0 atom stereocenters. The molecule has 3 aromatic rings. The van der Waals surface area contributed by atoms with E-state index in [1.165, 1.54) is 33.4 Å². The van der Waals surface area contributed by atoms with Crippen LogP contribution in [0.25, 0.3) is 22.3 Å². The highest BCUT2D eigenvalue weighted by Gasteiger charge is 2.36. The molecule has 0 amide bonds. The van der Waals surface area contributed by atoms with Gasteiger partial charge in [-0.3, -0.25) is 0 Å². The molecule has 0 fully saturated rings. The lowest BCUT2D eigenvalue weighted by Gasteiger charge is -2.21. The minimum atomic E-state index is 0.0513. The number of benzene rings is 3. The van der Waals surface area contributed by atoms with Gasteiger partial charge in [0.2, 0.25) is 0 Å². The van der Waals surface area contributed by atoms with Gasteiger partial charge in [0, 0.05) is 11.1 Å². The predicted molar refractivity (Wildman–Crippen MR) is 93.9 cm³/mol. The van der Waals surface area contributed by atoms with E-state index < -0.39 is 0 Å². The number of rotatable bonds is 1. The first-order valence-electron chi connectivity index (χ1n) is 7.68. The molecule has 0 bridgehead atoms. The van der Waals surface area contributed by atoms with Gasteiger partial charge in [-0.1, -0.05) is 68.4 Å². The average molecular weight is 285 g/mol. The first kappa shape index (κ1) is 13.1. The van der Waals surface area contributed by atoms with Crippen LogP contribution in [0.2, 0.25) is 0 Å². The maximum atomic E-state index is 5.84. The van der Waals surface area contributed by atoms with Gasteiger partial charge in [0.25, 0.3) is 0 Å². The second-order valence-corrected chi connectivity index (χ2v) is 6.52. The molecule has 0 aliphatic heterocycles. The van der Waals surface area contributed by atoms with Crippen LogP contribution in [0.1, 0.15) is 25.0 Å². The zero-order chi connectivity index (χ0) is 15.3. The minimum absolute atomic E-state index is 0.0513. The summed E-state index contributed by atoms with van der Waals surface area (Å²) in [5.74, 6) is 0. The van der Waals surface area contributed by atoms with E-state index in [9.17, 15) is 0 Å². The van der Waals surface area contributed by atoms with Gasteiger partial charge in [0.15, 0.2) is 0 Å². The lowest BCUT2D eigenvalue weighted by molar-refractivity contribution is 0.660. The van der Waals surface area contributed by atoms with Crippen LogP contribution in [0.5, 0.6) is 0 Å². The third kappa shape index (κ3) is 1.72. The Hall–Kier alpha value is -2.54. The maximum absolute atomic E-state index is 5.84. The van der Waals surface area contributed by atoms with Crippen LogP contribution in [0.3, 0.4) is 0 Å². The number of anilines is 1. The van der Waals surface area contributed by atoms with Crippen molar-refractivity contribution >= 4 is 5.69 Å². The van der Waals surface area contributed by atoms with E-state index in [4.69, 9.17) is 5.73 Å². The zero-order valence-electron chi connectivity index (χ0n) is 12.9. The Bertz CT molecular complexity index is 857. The fourth-order valence-electron chi connectivity index (χ4n) is 3.66. The molecular formula is C21H19N. The monoisotopic (exact) mass is 285 g/mol. The predicted octanol–water partition coefficient (Wildman–Crippen LogP) is 5.24. The normalized spacial score (nSPS) is 14.5. The highest BCUT2D eigenvalue weighted by atomic mass is 14.5. The smallest absolute Gasteiger partial charge is 0.0314 e. The Balaban J connectivity index is 2.04. The van der Waals surface area contributed by atoms with Crippen LogP contribution < -0.4 is 5.73 Å². The third-order valence-electron chi connectivity index (χ3n) is 4.83. The fraction of sp³-hybridized carbons (Fsp3) is 0.143. The summed E-state index contributed by atoms with van der Waals surface area (Å²) in [5.41, 5.74) is 14.7. The molecule has 108 valence electrons. The van der Waals surface area contributed by atoms with Crippen molar-refractivity contribution in [2.75, 3.05) is 5.73 Å². The number of nitrogen functional groups attached to an aromatic ring is 1. The Labute approximate surface area is 131 Å². The highest BCUT2D eigenvalue weighted by molar-refractivity contribution is 5.92. The van der Waals surface area contributed by atoms with Crippen molar-refractivity contribution in [1.82, 2.24) is 0 Å². The van der Waals surface area contributed by atoms with E-state index in [2.05, 4.69) is 68.4 Å². The van der Waals surface area contributed by atoms with Crippen molar-refractivity contribution in [3.05, 3.63) is 77.9 Å².